The van der Waals surface area contributed by atoms with Crippen molar-refractivity contribution in [3.05, 3.63) is 81.7 Å². The van der Waals surface area contributed by atoms with E-state index in [1.54, 1.807) is 54.6 Å². The molecule has 2 aromatic rings. The van der Waals surface area contributed by atoms with Crippen molar-refractivity contribution in [2.45, 2.75) is 0 Å². The fourth-order valence-electron chi connectivity index (χ4n) is 2.35. The molecule has 4 nitrogen and oxygen atoms in total. The molecular weight excluding hydrogens is 446 g/mol. The van der Waals surface area contributed by atoms with Gasteiger partial charge in [-0.3, -0.25) is 9.69 Å². The van der Waals surface area contributed by atoms with E-state index in [1.165, 1.54) is 16.7 Å². The topological polar surface area (TPSA) is 46.6 Å². The number of carbonyl (C=O) groups excluding carboxylic acids is 2. The summed E-state index contributed by atoms with van der Waals surface area (Å²) in [5.41, 5.74) is 1.27. The van der Waals surface area contributed by atoms with Crippen molar-refractivity contribution in [2.24, 2.45) is 0 Å². The average molecular weight is 460 g/mol. The van der Waals surface area contributed by atoms with Crippen LogP contribution < -0.4 is 4.74 Å². The standard InChI is InChI=1S/C20H14BrNO3S2/c1-2-10-22-18(23)17(27-20(22)26)11-13-6-8-16(9-7-13)25-19(24)14-4-3-5-15(21)12-14/h2-9,11-12H,1,10H2/b17-11+. The van der Waals surface area contributed by atoms with Gasteiger partial charge in [-0.1, -0.05) is 64.2 Å². The minimum atomic E-state index is -0.436. The number of carbonyl (C=O) groups is 2. The van der Waals surface area contributed by atoms with Gasteiger partial charge in [0.1, 0.15) is 10.1 Å². The summed E-state index contributed by atoms with van der Waals surface area (Å²) in [5.74, 6) is -0.138. The summed E-state index contributed by atoms with van der Waals surface area (Å²) >= 11 is 9.81. The Morgan fingerprint density at radius 1 is 1.26 bits per heavy atom. The molecule has 7 heteroatoms. The third kappa shape index (κ3) is 4.74. The molecule has 0 radical (unpaired) electrons. The summed E-state index contributed by atoms with van der Waals surface area (Å²) in [7, 11) is 0. The molecular formula is C20H14BrNO3S2. The van der Waals surface area contributed by atoms with E-state index in [1.807, 2.05) is 6.07 Å². The van der Waals surface area contributed by atoms with Crippen LogP contribution in [0.5, 0.6) is 5.75 Å². The highest BCUT2D eigenvalue weighted by molar-refractivity contribution is 9.10. The first-order valence-electron chi connectivity index (χ1n) is 7.92. The lowest BCUT2D eigenvalue weighted by Gasteiger charge is -2.10. The van der Waals surface area contributed by atoms with Gasteiger partial charge in [-0.2, -0.15) is 0 Å². The second-order valence-electron chi connectivity index (χ2n) is 5.55. The quantitative estimate of drug-likeness (QED) is 0.205. The number of halogens is 1. The van der Waals surface area contributed by atoms with Crippen LogP contribution in [0.3, 0.4) is 0 Å². The largest absolute Gasteiger partial charge is 0.423 e. The zero-order valence-electron chi connectivity index (χ0n) is 14.1. The van der Waals surface area contributed by atoms with Gasteiger partial charge < -0.3 is 4.74 Å². The smallest absolute Gasteiger partial charge is 0.343 e. The Morgan fingerprint density at radius 3 is 2.67 bits per heavy atom. The van der Waals surface area contributed by atoms with E-state index in [2.05, 4.69) is 22.5 Å². The maximum Gasteiger partial charge on any atom is 0.343 e. The molecule has 136 valence electrons. The minimum Gasteiger partial charge on any atom is -0.423 e. The first kappa shape index (κ1) is 19.5. The van der Waals surface area contributed by atoms with Crippen LogP contribution in [0.1, 0.15) is 15.9 Å². The van der Waals surface area contributed by atoms with Gasteiger partial charge in [0.05, 0.1) is 10.5 Å². The number of nitrogens with zero attached hydrogens (tertiary/aromatic N) is 1. The molecule has 0 bridgehead atoms. The van der Waals surface area contributed by atoms with Crippen molar-refractivity contribution < 1.29 is 14.3 Å². The van der Waals surface area contributed by atoms with Crippen molar-refractivity contribution in [1.29, 1.82) is 0 Å². The molecule has 1 amide bonds. The zero-order valence-corrected chi connectivity index (χ0v) is 17.3. The van der Waals surface area contributed by atoms with Crippen LogP contribution in [0.15, 0.2) is 70.6 Å². The highest BCUT2D eigenvalue weighted by Gasteiger charge is 2.30. The number of amides is 1. The third-order valence-corrected chi connectivity index (χ3v) is 5.51. The molecule has 0 N–H and O–H groups in total. The Kier molecular flexibility index (Phi) is 6.26. The van der Waals surface area contributed by atoms with Crippen LogP contribution in [0, 0.1) is 0 Å². The number of hydrogen-bond donors (Lipinski definition) is 0. The minimum absolute atomic E-state index is 0.130. The molecule has 0 saturated carbocycles. The molecule has 1 fully saturated rings. The van der Waals surface area contributed by atoms with Gasteiger partial charge in [0.2, 0.25) is 0 Å². The van der Waals surface area contributed by atoms with E-state index in [0.29, 0.717) is 27.1 Å². The van der Waals surface area contributed by atoms with Crippen LogP contribution in [-0.2, 0) is 4.79 Å². The lowest BCUT2D eigenvalue weighted by molar-refractivity contribution is -0.121. The SMILES string of the molecule is C=CCN1C(=O)/C(=C\c2ccc(OC(=O)c3cccc(Br)c3)cc2)SC1=S. The van der Waals surface area contributed by atoms with Crippen molar-refractivity contribution in [2.75, 3.05) is 6.54 Å². The number of ether oxygens (including phenoxy) is 1. The van der Waals surface area contributed by atoms with E-state index >= 15 is 0 Å². The van der Waals surface area contributed by atoms with Gasteiger partial charge in [-0.15, -0.1) is 6.58 Å². The fourth-order valence-corrected chi connectivity index (χ4v) is 4.03. The van der Waals surface area contributed by atoms with Crippen molar-refractivity contribution in [1.82, 2.24) is 4.90 Å². The lowest BCUT2D eigenvalue weighted by Crippen LogP contribution is -2.27. The second-order valence-corrected chi connectivity index (χ2v) is 8.14. The fraction of sp³-hybridized carbons (Fsp3) is 0.0500. The molecule has 0 spiro atoms. The normalized spacial score (nSPS) is 15.3. The van der Waals surface area contributed by atoms with Crippen LogP contribution in [0.2, 0.25) is 0 Å². The van der Waals surface area contributed by atoms with Crippen molar-refractivity contribution in [3.63, 3.8) is 0 Å². The first-order chi connectivity index (χ1) is 13.0. The molecule has 27 heavy (non-hydrogen) atoms. The van der Waals surface area contributed by atoms with Crippen molar-refractivity contribution >= 4 is 62.2 Å². The van der Waals surface area contributed by atoms with Gasteiger partial charge in [0.15, 0.2) is 0 Å². The molecule has 0 unspecified atom stereocenters. The van der Waals surface area contributed by atoms with E-state index < -0.39 is 5.97 Å². The number of hydrogen-bond acceptors (Lipinski definition) is 5. The highest BCUT2D eigenvalue weighted by atomic mass is 79.9. The Morgan fingerprint density at radius 2 is 2.00 bits per heavy atom. The molecule has 1 aliphatic heterocycles. The van der Waals surface area contributed by atoms with Gasteiger partial charge in [0.25, 0.3) is 5.91 Å². The maximum atomic E-state index is 12.3. The Labute approximate surface area is 175 Å². The summed E-state index contributed by atoms with van der Waals surface area (Å²) in [4.78, 5) is 26.6. The summed E-state index contributed by atoms with van der Waals surface area (Å²) in [5, 5.41) is 0. The van der Waals surface area contributed by atoms with Gasteiger partial charge >= 0.3 is 5.97 Å². The van der Waals surface area contributed by atoms with E-state index in [0.717, 1.165) is 10.0 Å². The predicted octanol–water partition coefficient (Wildman–Crippen LogP) is 5.06. The Hall–Kier alpha value is -2.22. The predicted molar refractivity (Wildman–Crippen MR) is 116 cm³/mol. The Bertz CT molecular complexity index is 954. The summed E-state index contributed by atoms with van der Waals surface area (Å²) < 4.78 is 6.70. The third-order valence-electron chi connectivity index (χ3n) is 3.63. The Balaban J connectivity index is 1.70. The molecule has 1 aliphatic rings. The number of thioether (sulfide) groups is 1. The van der Waals surface area contributed by atoms with Crippen LogP contribution >= 0.6 is 39.9 Å². The molecule has 1 saturated heterocycles. The van der Waals surface area contributed by atoms with Gasteiger partial charge in [0, 0.05) is 11.0 Å². The number of esters is 1. The highest BCUT2D eigenvalue weighted by Crippen LogP contribution is 2.32. The molecule has 3 rings (SSSR count). The number of benzene rings is 2. The zero-order chi connectivity index (χ0) is 19.4. The van der Waals surface area contributed by atoms with Gasteiger partial charge in [-0.05, 0) is 42.0 Å². The van der Waals surface area contributed by atoms with Crippen LogP contribution in [0.4, 0.5) is 0 Å². The monoisotopic (exact) mass is 459 g/mol. The molecule has 2 aromatic carbocycles. The molecule has 0 aliphatic carbocycles. The summed E-state index contributed by atoms with van der Waals surface area (Å²) in [6.07, 6.45) is 3.41. The van der Waals surface area contributed by atoms with Crippen LogP contribution in [-0.4, -0.2) is 27.6 Å². The molecule has 0 atom stereocenters. The summed E-state index contributed by atoms with van der Waals surface area (Å²) in [6, 6.07) is 13.9. The summed E-state index contributed by atoms with van der Waals surface area (Å²) in [6.45, 7) is 4.03. The number of thiocarbonyl (C=S) groups is 1. The second kappa shape index (κ2) is 8.65. The van der Waals surface area contributed by atoms with Crippen molar-refractivity contribution in [3.8, 4) is 5.75 Å². The van der Waals surface area contributed by atoms with Gasteiger partial charge in [-0.25, -0.2) is 4.79 Å². The van der Waals surface area contributed by atoms with E-state index in [9.17, 15) is 9.59 Å². The van der Waals surface area contributed by atoms with E-state index in [4.69, 9.17) is 17.0 Å². The average Bonchev–Trinajstić information content (AvgIpc) is 2.91. The first-order valence-corrected chi connectivity index (χ1v) is 9.94. The number of rotatable bonds is 5. The lowest BCUT2D eigenvalue weighted by atomic mass is 10.2. The molecule has 0 aromatic heterocycles. The van der Waals surface area contributed by atoms with E-state index in [-0.39, 0.29) is 5.91 Å². The maximum absolute atomic E-state index is 12.3. The van der Waals surface area contributed by atoms with Crippen LogP contribution in [0.25, 0.3) is 6.08 Å². The molecule has 1 heterocycles.